The van der Waals surface area contributed by atoms with Crippen molar-refractivity contribution in [2.75, 3.05) is 5.32 Å². The van der Waals surface area contributed by atoms with E-state index in [-0.39, 0.29) is 17.4 Å². The number of alkyl halides is 2. The number of nitrogens with one attached hydrogen (secondary N) is 1. The van der Waals surface area contributed by atoms with Crippen LogP contribution in [0.15, 0.2) is 54.7 Å². The van der Waals surface area contributed by atoms with Gasteiger partial charge >= 0.3 is 6.29 Å². The number of benzene rings is 1. The molecule has 1 aliphatic carbocycles. The second-order valence-corrected chi connectivity index (χ2v) is 7.41. The van der Waals surface area contributed by atoms with E-state index in [0.29, 0.717) is 29.9 Å². The van der Waals surface area contributed by atoms with Crippen LogP contribution in [0.4, 0.5) is 14.6 Å². The number of fused-ring (bicyclic) bond motifs is 1. The van der Waals surface area contributed by atoms with E-state index >= 15 is 0 Å². The fourth-order valence-corrected chi connectivity index (χ4v) is 3.66. The molecule has 1 aromatic carbocycles. The first-order chi connectivity index (χ1) is 14.4. The van der Waals surface area contributed by atoms with Crippen molar-refractivity contribution in [3.8, 4) is 22.8 Å². The maximum atomic E-state index is 13.3. The molecular weight excluding hydrogens is 392 g/mol. The number of aromatic nitrogens is 2. The van der Waals surface area contributed by atoms with E-state index < -0.39 is 11.7 Å². The summed E-state index contributed by atoms with van der Waals surface area (Å²) in [5.74, 6) is 0.0740. The lowest BCUT2D eigenvalue weighted by Gasteiger charge is -2.16. The highest BCUT2D eigenvalue weighted by atomic mass is 19.3. The maximum Gasteiger partial charge on any atom is 0.586 e. The Bertz CT molecular complexity index is 1160. The molecular formula is C22H17F2N3O3. The third kappa shape index (κ3) is 3.14. The Morgan fingerprint density at radius 3 is 2.63 bits per heavy atom. The quantitative estimate of drug-likeness (QED) is 0.690. The number of nitrogens with zero attached hydrogens (tertiary/aromatic N) is 2. The molecule has 0 bridgehead atoms. The number of aryl methyl sites for hydroxylation is 1. The highest BCUT2D eigenvalue weighted by Crippen LogP contribution is 2.52. The molecule has 3 heterocycles. The Morgan fingerprint density at radius 1 is 1.07 bits per heavy atom. The summed E-state index contributed by atoms with van der Waals surface area (Å²) in [5.41, 5.74) is 2.24. The molecule has 1 saturated carbocycles. The minimum atomic E-state index is -3.69. The van der Waals surface area contributed by atoms with Crippen molar-refractivity contribution in [1.29, 1.82) is 0 Å². The average molecular weight is 409 g/mol. The van der Waals surface area contributed by atoms with Crippen LogP contribution in [-0.4, -0.2) is 22.2 Å². The molecule has 5 rings (SSSR count). The zero-order valence-electron chi connectivity index (χ0n) is 16.0. The molecule has 30 heavy (non-hydrogen) atoms. The predicted molar refractivity (Wildman–Crippen MR) is 104 cm³/mol. The molecule has 1 aliphatic heterocycles. The zero-order valence-corrected chi connectivity index (χ0v) is 16.0. The number of carbonyl (C=O) groups is 1. The number of anilines is 1. The summed E-state index contributed by atoms with van der Waals surface area (Å²) >= 11 is 0. The summed E-state index contributed by atoms with van der Waals surface area (Å²) in [6.45, 7) is 1.89. The Balaban J connectivity index is 1.39. The van der Waals surface area contributed by atoms with Gasteiger partial charge in [-0.2, -0.15) is 0 Å². The lowest BCUT2D eigenvalue weighted by Crippen LogP contribution is -2.28. The first-order valence-corrected chi connectivity index (χ1v) is 9.47. The summed E-state index contributed by atoms with van der Waals surface area (Å²) in [4.78, 5) is 21.9. The van der Waals surface area contributed by atoms with Crippen LogP contribution in [0.3, 0.4) is 0 Å². The predicted octanol–water partition coefficient (Wildman–Crippen LogP) is 4.44. The van der Waals surface area contributed by atoms with E-state index in [1.165, 1.54) is 12.1 Å². The summed E-state index contributed by atoms with van der Waals surface area (Å²) in [6.07, 6.45) is -0.760. The second kappa shape index (κ2) is 6.48. The van der Waals surface area contributed by atoms with E-state index in [4.69, 9.17) is 0 Å². The lowest BCUT2D eigenvalue weighted by molar-refractivity contribution is -0.286. The van der Waals surface area contributed by atoms with Crippen LogP contribution in [0, 0.1) is 6.92 Å². The van der Waals surface area contributed by atoms with Gasteiger partial charge in [-0.3, -0.25) is 9.78 Å². The van der Waals surface area contributed by atoms with Gasteiger partial charge in [-0.05, 0) is 61.7 Å². The molecule has 3 aromatic rings. The number of rotatable bonds is 4. The van der Waals surface area contributed by atoms with Gasteiger partial charge in [0, 0.05) is 17.5 Å². The Morgan fingerprint density at radius 2 is 1.87 bits per heavy atom. The van der Waals surface area contributed by atoms with Crippen molar-refractivity contribution in [3.05, 3.63) is 66.0 Å². The van der Waals surface area contributed by atoms with Crippen molar-refractivity contribution in [3.63, 3.8) is 0 Å². The number of ether oxygens (including phenoxy) is 2. The molecule has 8 heteroatoms. The molecule has 0 atom stereocenters. The van der Waals surface area contributed by atoms with Gasteiger partial charge in [-0.15, -0.1) is 8.78 Å². The number of pyridine rings is 2. The van der Waals surface area contributed by atoms with E-state index in [0.717, 1.165) is 11.3 Å². The van der Waals surface area contributed by atoms with E-state index in [1.54, 1.807) is 18.3 Å². The number of carbonyl (C=O) groups excluding carboxylic acids is 1. The highest BCUT2D eigenvalue weighted by Gasteiger charge is 2.52. The molecule has 1 fully saturated rings. The van der Waals surface area contributed by atoms with Gasteiger partial charge in [0.15, 0.2) is 11.5 Å². The molecule has 0 saturated heterocycles. The van der Waals surface area contributed by atoms with Gasteiger partial charge in [0.2, 0.25) is 5.91 Å². The molecule has 1 N–H and O–H groups in total. The van der Waals surface area contributed by atoms with Crippen molar-refractivity contribution >= 4 is 11.7 Å². The Hall–Kier alpha value is -3.55. The maximum absolute atomic E-state index is 13.3. The number of hydrogen-bond acceptors (Lipinski definition) is 5. The van der Waals surface area contributed by atoms with Crippen LogP contribution in [-0.2, 0) is 10.2 Å². The largest absolute Gasteiger partial charge is 0.586 e. The first-order valence-electron chi connectivity index (χ1n) is 9.47. The first kappa shape index (κ1) is 18.5. The summed E-state index contributed by atoms with van der Waals surface area (Å²) in [7, 11) is 0. The van der Waals surface area contributed by atoms with Crippen LogP contribution in [0.25, 0.3) is 11.3 Å². The highest BCUT2D eigenvalue weighted by molar-refractivity contribution is 6.01. The van der Waals surface area contributed by atoms with Crippen LogP contribution in [0.5, 0.6) is 11.5 Å². The third-order valence-corrected chi connectivity index (χ3v) is 5.41. The Labute approximate surface area is 170 Å². The fraction of sp³-hybridized carbons (Fsp3) is 0.227. The van der Waals surface area contributed by atoms with Crippen molar-refractivity contribution in [2.24, 2.45) is 0 Å². The van der Waals surface area contributed by atoms with Crippen LogP contribution < -0.4 is 14.8 Å². The van der Waals surface area contributed by atoms with E-state index in [9.17, 15) is 13.6 Å². The minimum Gasteiger partial charge on any atom is -0.395 e. The number of amides is 1. The van der Waals surface area contributed by atoms with E-state index in [1.807, 2.05) is 31.2 Å². The van der Waals surface area contributed by atoms with Gasteiger partial charge in [-0.25, -0.2) is 4.98 Å². The Kier molecular flexibility index (Phi) is 3.99. The lowest BCUT2D eigenvalue weighted by atomic mass is 9.94. The molecule has 0 spiro atoms. The minimum absolute atomic E-state index is 0.0406. The SMILES string of the molecule is Cc1ncccc1-c1cccc(NC(=O)C2(c3ccc4c(c3)OC(F)(F)O4)CC2)n1. The van der Waals surface area contributed by atoms with Crippen LogP contribution in [0.2, 0.25) is 0 Å². The number of halogens is 2. The second-order valence-electron chi connectivity index (χ2n) is 7.41. The standard InChI is InChI=1S/C22H17F2N3O3/c1-13-15(4-3-11-25-13)16-5-2-6-19(26-16)27-20(28)21(9-10-21)14-7-8-17-18(12-14)30-22(23,24)29-17/h2-8,11-12H,9-10H2,1H3,(H,26,27,28). The monoisotopic (exact) mass is 409 g/mol. The van der Waals surface area contributed by atoms with E-state index in [2.05, 4.69) is 24.8 Å². The van der Waals surface area contributed by atoms with Gasteiger partial charge in [0.25, 0.3) is 0 Å². The van der Waals surface area contributed by atoms with Crippen molar-refractivity contribution < 1.29 is 23.0 Å². The molecule has 2 aliphatic rings. The molecule has 6 nitrogen and oxygen atoms in total. The fourth-order valence-electron chi connectivity index (χ4n) is 3.66. The van der Waals surface area contributed by atoms with Crippen LogP contribution >= 0.6 is 0 Å². The van der Waals surface area contributed by atoms with Crippen molar-refractivity contribution in [1.82, 2.24) is 9.97 Å². The normalized spacial score (nSPS) is 17.4. The van der Waals surface area contributed by atoms with Crippen LogP contribution in [0.1, 0.15) is 24.1 Å². The van der Waals surface area contributed by atoms with Crippen molar-refractivity contribution in [2.45, 2.75) is 31.5 Å². The van der Waals surface area contributed by atoms with Gasteiger partial charge in [-0.1, -0.05) is 12.1 Å². The summed E-state index contributed by atoms with van der Waals surface area (Å²) in [5, 5.41) is 2.87. The smallest absolute Gasteiger partial charge is 0.395 e. The molecule has 0 radical (unpaired) electrons. The summed E-state index contributed by atoms with van der Waals surface area (Å²) in [6, 6.07) is 13.6. The molecule has 1 amide bonds. The molecule has 152 valence electrons. The summed E-state index contributed by atoms with van der Waals surface area (Å²) < 4.78 is 35.6. The van der Waals surface area contributed by atoms with Gasteiger partial charge < -0.3 is 14.8 Å². The topological polar surface area (TPSA) is 73.3 Å². The average Bonchev–Trinajstić information content (AvgIpc) is 3.46. The molecule has 2 aromatic heterocycles. The van der Waals surface area contributed by atoms with Gasteiger partial charge in [0.1, 0.15) is 5.82 Å². The van der Waals surface area contributed by atoms with Gasteiger partial charge in [0.05, 0.1) is 11.1 Å². The third-order valence-electron chi connectivity index (χ3n) is 5.41. The number of hydrogen-bond donors (Lipinski definition) is 1. The zero-order chi connectivity index (χ0) is 20.9. The molecule has 0 unspecified atom stereocenters.